The molecule has 6 heteroatoms. The zero-order valence-corrected chi connectivity index (χ0v) is 6.03. The van der Waals surface area contributed by atoms with Crippen LogP contribution in [-0.4, -0.2) is 26.4 Å². The van der Waals surface area contributed by atoms with Crippen molar-refractivity contribution < 1.29 is 5.11 Å². The van der Waals surface area contributed by atoms with Gasteiger partial charge >= 0.3 is 5.69 Å². The molecule has 0 radical (unpaired) electrons. The number of H-pyrrole nitrogens is 2. The summed E-state index contributed by atoms with van der Waals surface area (Å²) in [6.45, 7) is 1.53. The minimum atomic E-state index is -0.728. The molecule has 0 bridgehead atoms. The molecule has 0 saturated carbocycles. The Morgan fingerprint density at radius 1 is 1.73 bits per heavy atom. The zero-order valence-electron chi connectivity index (χ0n) is 6.03. The van der Waals surface area contributed by atoms with Crippen molar-refractivity contribution in [3.8, 4) is 0 Å². The number of aliphatic hydroxyl groups is 1. The molecule has 0 amide bonds. The molecule has 62 valence electrons. The highest BCUT2D eigenvalue weighted by molar-refractivity contribution is 4.91. The molecule has 0 aliphatic heterocycles. The highest BCUT2D eigenvalue weighted by atomic mass is 16.3. The van der Waals surface area contributed by atoms with Crippen molar-refractivity contribution in [2.45, 2.75) is 19.1 Å². The first-order chi connectivity index (χ1) is 5.11. The quantitative estimate of drug-likeness (QED) is 0.419. The zero-order chi connectivity index (χ0) is 8.43. The molecule has 0 fully saturated rings. The number of rotatable bonds is 2. The summed E-state index contributed by atoms with van der Waals surface area (Å²) in [5.41, 5.74) is 5.03. The number of nitrogens with two attached hydrogens (primary N) is 1. The topological polar surface area (TPSA) is 108 Å². The maximum absolute atomic E-state index is 10.5. The van der Waals surface area contributed by atoms with Crippen molar-refractivity contribution >= 4 is 0 Å². The molecule has 0 unspecified atom stereocenters. The monoisotopic (exact) mass is 158 g/mol. The summed E-state index contributed by atoms with van der Waals surface area (Å²) in [5.74, 6) is 0.269. The number of aromatic amines is 2. The predicted molar refractivity (Wildman–Crippen MR) is 37.8 cm³/mol. The van der Waals surface area contributed by atoms with Gasteiger partial charge in [-0.15, -0.1) is 0 Å². The van der Waals surface area contributed by atoms with E-state index in [9.17, 15) is 4.79 Å². The van der Waals surface area contributed by atoms with E-state index in [0.29, 0.717) is 0 Å². The van der Waals surface area contributed by atoms with Crippen LogP contribution in [0.2, 0.25) is 0 Å². The molecule has 6 nitrogen and oxygen atoms in total. The Hall–Kier alpha value is -1.14. The van der Waals surface area contributed by atoms with E-state index in [0.717, 1.165) is 0 Å². The molecular formula is C5H10N4O2. The van der Waals surface area contributed by atoms with E-state index >= 15 is 0 Å². The Morgan fingerprint density at radius 2 is 2.36 bits per heavy atom. The smallest absolute Gasteiger partial charge is 0.340 e. The fourth-order valence-corrected chi connectivity index (χ4v) is 0.670. The number of nitrogens with one attached hydrogen (secondary N) is 2. The lowest BCUT2D eigenvalue weighted by Crippen LogP contribution is -2.24. The third-order valence-corrected chi connectivity index (χ3v) is 1.35. The molecule has 0 saturated heterocycles. The van der Waals surface area contributed by atoms with E-state index in [2.05, 4.69) is 15.2 Å². The summed E-state index contributed by atoms with van der Waals surface area (Å²) in [6.07, 6.45) is -0.728. The number of hydrogen-bond acceptors (Lipinski definition) is 4. The van der Waals surface area contributed by atoms with Gasteiger partial charge in [0.2, 0.25) is 0 Å². The van der Waals surface area contributed by atoms with E-state index in [1.165, 1.54) is 6.92 Å². The standard InChI is InChI=1S/C5H10N4O2/c1-2(10)3(6)4-7-5(11)9-8-4/h2-3,10H,6H2,1H3,(H2,7,8,9,11)/t2-,3+/m1/s1. The Morgan fingerprint density at radius 3 is 2.73 bits per heavy atom. The van der Waals surface area contributed by atoms with Crippen LogP contribution in [0.4, 0.5) is 0 Å². The largest absolute Gasteiger partial charge is 0.391 e. The van der Waals surface area contributed by atoms with E-state index in [4.69, 9.17) is 10.8 Å². The summed E-state index contributed by atoms with van der Waals surface area (Å²) >= 11 is 0. The Kier molecular flexibility index (Phi) is 2.06. The second-order valence-electron chi connectivity index (χ2n) is 2.33. The van der Waals surface area contributed by atoms with Gasteiger partial charge in [-0.3, -0.25) is 4.98 Å². The highest BCUT2D eigenvalue weighted by Gasteiger charge is 2.14. The molecule has 2 atom stereocenters. The Balaban J connectivity index is 2.84. The Bertz CT molecular complexity index is 276. The van der Waals surface area contributed by atoms with Crippen LogP contribution in [0.25, 0.3) is 0 Å². The predicted octanol–water partition coefficient (Wildman–Crippen LogP) is -1.52. The molecule has 5 N–H and O–H groups in total. The molecule has 0 spiro atoms. The molecule has 0 aliphatic carbocycles. The number of hydrogen-bond donors (Lipinski definition) is 4. The van der Waals surface area contributed by atoms with Crippen LogP contribution >= 0.6 is 0 Å². The lowest BCUT2D eigenvalue weighted by atomic mass is 10.2. The van der Waals surface area contributed by atoms with Gasteiger partial charge in [0.15, 0.2) is 0 Å². The average molecular weight is 158 g/mol. The van der Waals surface area contributed by atoms with Gasteiger partial charge in [0, 0.05) is 0 Å². The summed E-state index contributed by atoms with van der Waals surface area (Å²) < 4.78 is 0. The van der Waals surface area contributed by atoms with Gasteiger partial charge in [0.05, 0.1) is 12.1 Å². The van der Waals surface area contributed by atoms with Gasteiger partial charge in [-0.1, -0.05) is 0 Å². The fraction of sp³-hybridized carbons (Fsp3) is 0.600. The van der Waals surface area contributed by atoms with Crippen molar-refractivity contribution in [2.75, 3.05) is 0 Å². The molecule has 1 heterocycles. The van der Waals surface area contributed by atoms with Crippen molar-refractivity contribution in [3.05, 3.63) is 16.3 Å². The molecular weight excluding hydrogens is 148 g/mol. The summed E-state index contributed by atoms with van der Waals surface area (Å²) in [5, 5.41) is 14.7. The first-order valence-corrected chi connectivity index (χ1v) is 3.19. The minimum Gasteiger partial charge on any atom is -0.391 e. The SMILES string of the molecule is C[C@@H](O)[C@H](N)c1n[nH]c(=O)[nH]1. The third-order valence-electron chi connectivity index (χ3n) is 1.35. The van der Waals surface area contributed by atoms with Gasteiger partial charge < -0.3 is 10.8 Å². The number of aromatic nitrogens is 3. The normalized spacial score (nSPS) is 16.3. The van der Waals surface area contributed by atoms with Gasteiger partial charge in [-0.05, 0) is 6.92 Å². The fourth-order valence-electron chi connectivity index (χ4n) is 0.670. The summed E-state index contributed by atoms with van der Waals surface area (Å²) in [7, 11) is 0. The van der Waals surface area contributed by atoms with Gasteiger partial charge in [-0.25, -0.2) is 9.89 Å². The second kappa shape index (κ2) is 2.85. The van der Waals surface area contributed by atoms with Gasteiger partial charge in [-0.2, -0.15) is 5.10 Å². The molecule has 1 aromatic rings. The minimum absolute atomic E-state index is 0.269. The maximum Gasteiger partial charge on any atom is 0.340 e. The van der Waals surface area contributed by atoms with Crippen LogP contribution in [0.3, 0.4) is 0 Å². The lowest BCUT2D eigenvalue weighted by molar-refractivity contribution is 0.160. The number of aliphatic hydroxyl groups excluding tert-OH is 1. The van der Waals surface area contributed by atoms with Crippen LogP contribution in [0.5, 0.6) is 0 Å². The third kappa shape index (κ3) is 1.66. The van der Waals surface area contributed by atoms with E-state index in [-0.39, 0.29) is 5.82 Å². The van der Waals surface area contributed by atoms with Crippen LogP contribution < -0.4 is 11.4 Å². The molecule has 1 rings (SSSR count). The molecule has 1 aromatic heterocycles. The van der Waals surface area contributed by atoms with Crippen molar-refractivity contribution in [2.24, 2.45) is 5.73 Å². The first-order valence-electron chi connectivity index (χ1n) is 3.19. The summed E-state index contributed by atoms with van der Waals surface area (Å²) in [4.78, 5) is 12.9. The second-order valence-corrected chi connectivity index (χ2v) is 2.33. The van der Waals surface area contributed by atoms with Crippen LogP contribution in [-0.2, 0) is 0 Å². The maximum atomic E-state index is 10.5. The van der Waals surface area contributed by atoms with E-state index in [1.54, 1.807) is 0 Å². The number of nitrogens with zero attached hydrogens (tertiary/aromatic N) is 1. The van der Waals surface area contributed by atoms with E-state index in [1.807, 2.05) is 0 Å². The first kappa shape index (κ1) is 7.96. The van der Waals surface area contributed by atoms with Gasteiger partial charge in [0.25, 0.3) is 0 Å². The van der Waals surface area contributed by atoms with Crippen molar-refractivity contribution in [1.29, 1.82) is 0 Å². The van der Waals surface area contributed by atoms with E-state index < -0.39 is 17.8 Å². The molecule has 0 aromatic carbocycles. The molecule has 0 aliphatic rings. The van der Waals surface area contributed by atoms with Crippen molar-refractivity contribution in [3.63, 3.8) is 0 Å². The molecule has 11 heavy (non-hydrogen) atoms. The van der Waals surface area contributed by atoms with Gasteiger partial charge in [0.1, 0.15) is 5.82 Å². The highest BCUT2D eigenvalue weighted by Crippen LogP contribution is 2.04. The Labute approximate surface area is 62.4 Å². The lowest BCUT2D eigenvalue weighted by Gasteiger charge is -2.09. The van der Waals surface area contributed by atoms with Crippen LogP contribution in [0.1, 0.15) is 18.8 Å². The van der Waals surface area contributed by atoms with Crippen LogP contribution in [0.15, 0.2) is 4.79 Å². The van der Waals surface area contributed by atoms with Crippen LogP contribution in [0, 0.1) is 0 Å². The summed E-state index contributed by atoms with van der Waals surface area (Å²) in [6, 6.07) is -0.644. The van der Waals surface area contributed by atoms with Crippen molar-refractivity contribution in [1.82, 2.24) is 15.2 Å². The average Bonchev–Trinajstić information content (AvgIpc) is 2.34.